The molecule has 2 saturated heterocycles. The molecule has 1 amide bonds. The molecule has 8 heteroatoms. The minimum Gasteiger partial charge on any atom is -0.465 e. The van der Waals surface area contributed by atoms with Crippen molar-refractivity contribution in [2.75, 3.05) is 32.8 Å². The van der Waals surface area contributed by atoms with Crippen LogP contribution in [0.5, 0.6) is 0 Å². The van der Waals surface area contributed by atoms with Crippen molar-refractivity contribution in [3.63, 3.8) is 0 Å². The van der Waals surface area contributed by atoms with Gasteiger partial charge in [0, 0.05) is 32.1 Å². The van der Waals surface area contributed by atoms with Gasteiger partial charge in [0.05, 0.1) is 13.2 Å². The van der Waals surface area contributed by atoms with Crippen LogP contribution in [0, 0.1) is 0 Å². The average molecular weight is 329 g/mol. The molecule has 0 aromatic rings. The van der Waals surface area contributed by atoms with Crippen molar-refractivity contribution in [1.82, 2.24) is 9.80 Å². The van der Waals surface area contributed by atoms with Gasteiger partial charge in [-0.2, -0.15) is 0 Å². The van der Waals surface area contributed by atoms with Crippen LogP contribution in [0.25, 0.3) is 0 Å². The molecule has 23 heavy (non-hydrogen) atoms. The van der Waals surface area contributed by atoms with E-state index in [4.69, 9.17) is 15.2 Å². The van der Waals surface area contributed by atoms with Crippen molar-refractivity contribution < 1.29 is 24.2 Å². The van der Waals surface area contributed by atoms with E-state index in [1.54, 1.807) is 20.8 Å². The summed E-state index contributed by atoms with van der Waals surface area (Å²) in [6.45, 7) is 8.24. The zero-order valence-electron chi connectivity index (χ0n) is 14.1. The lowest BCUT2D eigenvalue weighted by atomic mass is 9.90. The molecule has 2 aliphatic rings. The van der Waals surface area contributed by atoms with Crippen LogP contribution in [0.2, 0.25) is 0 Å². The topological polar surface area (TPSA) is 105 Å². The number of hydrogen-bond acceptors (Lipinski definition) is 6. The van der Waals surface area contributed by atoms with E-state index in [1.165, 1.54) is 0 Å². The van der Waals surface area contributed by atoms with Gasteiger partial charge in [0.15, 0.2) is 5.66 Å². The highest BCUT2D eigenvalue weighted by atomic mass is 16.6. The summed E-state index contributed by atoms with van der Waals surface area (Å²) in [5.41, 5.74) is 3.89. The minimum atomic E-state index is -1.65. The maximum Gasteiger partial charge on any atom is 0.409 e. The number of carbonyl (C=O) groups is 2. The first-order valence-electron chi connectivity index (χ1n) is 7.98. The summed E-state index contributed by atoms with van der Waals surface area (Å²) < 4.78 is 10.7. The molecule has 2 unspecified atom stereocenters. The molecule has 132 valence electrons. The van der Waals surface area contributed by atoms with Gasteiger partial charge in [-0.3, -0.25) is 15.5 Å². The molecular formula is C15H27N3O5. The molecule has 0 saturated carbocycles. The molecule has 0 aromatic heterocycles. The van der Waals surface area contributed by atoms with Gasteiger partial charge < -0.3 is 14.6 Å². The number of esters is 1. The normalized spacial score (nSPS) is 30.1. The van der Waals surface area contributed by atoms with Gasteiger partial charge in [0.2, 0.25) is 0 Å². The molecule has 0 bridgehead atoms. The maximum absolute atomic E-state index is 12.6. The van der Waals surface area contributed by atoms with Gasteiger partial charge in [-0.05, 0) is 27.2 Å². The largest absolute Gasteiger partial charge is 0.465 e. The maximum atomic E-state index is 12.6. The third kappa shape index (κ3) is 4.13. The Morgan fingerprint density at radius 3 is 2.39 bits per heavy atom. The fourth-order valence-electron chi connectivity index (χ4n) is 3.13. The molecule has 0 spiro atoms. The van der Waals surface area contributed by atoms with E-state index < -0.39 is 23.3 Å². The molecular weight excluding hydrogens is 302 g/mol. The van der Waals surface area contributed by atoms with Crippen molar-refractivity contribution in [3.8, 4) is 0 Å². The van der Waals surface area contributed by atoms with E-state index in [0.717, 1.165) is 18.0 Å². The molecule has 3 N–H and O–H groups in total. The number of ether oxygens (including phenoxy) is 2. The SMILES string of the molecule is CC(C)(C)OC(=O)C1(N)CC(N2CCOCC2)CCN1C(=O)O. The zero-order chi connectivity index (χ0) is 17.3. The quantitative estimate of drug-likeness (QED) is 0.709. The van der Waals surface area contributed by atoms with Crippen LogP contribution in [0.4, 0.5) is 4.79 Å². The van der Waals surface area contributed by atoms with Gasteiger partial charge in [-0.25, -0.2) is 9.59 Å². The van der Waals surface area contributed by atoms with Crippen LogP contribution in [0.3, 0.4) is 0 Å². The standard InChI is InChI=1S/C15H27N3O5/c1-14(2,3)23-12(19)15(16)10-11(4-5-18(15)13(20)21)17-6-8-22-9-7-17/h11H,4-10,16H2,1-3H3,(H,20,21). The highest BCUT2D eigenvalue weighted by Crippen LogP contribution is 2.30. The number of amides is 1. The van der Waals surface area contributed by atoms with E-state index in [2.05, 4.69) is 4.90 Å². The molecule has 0 radical (unpaired) electrons. The number of morpholine rings is 1. The molecule has 0 aliphatic carbocycles. The van der Waals surface area contributed by atoms with Crippen molar-refractivity contribution in [2.45, 2.75) is 50.9 Å². The Labute approximate surface area is 136 Å². The number of piperidine rings is 1. The lowest BCUT2D eigenvalue weighted by molar-refractivity contribution is -0.173. The fourth-order valence-corrected chi connectivity index (χ4v) is 3.13. The van der Waals surface area contributed by atoms with Crippen molar-refractivity contribution in [1.29, 1.82) is 0 Å². The van der Waals surface area contributed by atoms with Gasteiger partial charge in [-0.15, -0.1) is 0 Å². The van der Waals surface area contributed by atoms with Gasteiger partial charge in [-0.1, -0.05) is 0 Å². The number of rotatable bonds is 2. The minimum absolute atomic E-state index is 0.0482. The summed E-state index contributed by atoms with van der Waals surface area (Å²) in [6, 6.07) is 0.0482. The Morgan fingerprint density at radius 1 is 1.26 bits per heavy atom. The van der Waals surface area contributed by atoms with Gasteiger partial charge in [0.1, 0.15) is 5.60 Å². The third-order valence-corrected chi connectivity index (χ3v) is 4.26. The van der Waals surface area contributed by atoms with E-state index in [-0.39, 0.29) is 19.0 Å². The predicted molar refractivity (Wildman–Crippen MR) is 82.9 cm³/mol. The monoisotopic (exact) mass is 329 g/mol. The number of nitrogens with two attached hydrogens (primary N) is 1. The Bertz CT molecular complexity index is 459. The lowest BCUT2D eigenvalue weighted by Gasteiger charge is -2.47. The number of likely N-dealkylation sites (tertiary alicyclic amines) is 1. The van der Waals surface area contributed by atoms with Crippen molar-refractivity contribution in [2.24, 2.45) is 5.73 Å². The second-order valence-corrected chi connectivity index (χ2v) is 7.16. The zero-order valence-corrected chi connectivity index (χ0v) is 14.1. The van der Waals surface area contributed by atoms with Crippen LogP contribution >= 0.6 is 0 Å². The first-order chi connectivity index (χ1) is 10.6. The summed E-state index contributed by atoms with van der Waals surface area (Å²) in [6.07, 6.45) is -0.318. The number of carboxylic acid groups (broad SMARTS) is 1. The fraction of sp³-hybridized carbons (Fsp3) is 0.867. The van der Waals surface area contributed by atoms with E-state index in [9.17, 15) is 14.7 Å². The Hall–Kier alpha value is -1.38. The van der Waals surface area contributed by atoms with Crippen LogP contribution in [-0.4, -0.2) is 77.1 Å². The first-order valence-corrected chi connectivity index (χ1v) is 7.98. The second kappa shape index (κ2) is 6.62. The molecule has 2 atom stereocenters. The Balaban J connectivity index is 2.18. The van der Waals surface area contributed by atoms with Crippen LogP contribution in [0.1, 0.15) is 33.6 Å². The summed E-state index contributed by atoms with van der Waals surface area (Å²) in [7, 11) is 0. The van der Waals surface area contributed by atoms with E-state index in [1.807, 2.05) is 0 Å². The second-order valence-electron chi connectivity index (χ2n) is 7.16. The van der Waals surface area contributed by atoms with Gasteiger partial charge in [0.25, 0.3) is 0 Å². The highest BCUT2D eigenvalue weighted by Gasteiger charge is 2.51. The van der Waals surface area contributed by atoms with Gasteiger partial charge >= 0.3 is 12.1 Å². The van der Waals surface area contributed by atoms with E-state index >= 15 is 0 Å². The van der Waals surface area contributed by atoms with Crippen LogP contribution < -0.4 is 5.73 Å². The molecule has 0 aromatic carbocycles. The Kier molecular flexibility index (Phi) is 5.17. The molecule has 2 heterocycles. The summed E-state index contributed by atoms with van der Waals surface area (Å²) in [4.78, 5) is 27.3. The number of nitrogens with zero attached hydrogens (tertiary/aromatic N) is 2. The molecule has 2 rings (SSSR count). The third-order valence-electron chi connectivity index (χ3n) is 4.26. The molecule has 8 nitrogen and oxygen atoms in total. The van der Waals surface area contributed by atoms with E-state index in [0.29, 0.717) is 19.6 Å². The lowest BCUT2D eigenvalue weighted by Crippen LogP contribution is -2.70. The smallest absolute Gasteiger partial charge is 0.409 e. The summed E-state index contributed by atoms with van der Waals surface area (Å²) in [5, 5.41) is 9.42. The van der Waals surface area contributed by atoms with Crippen LogP contribution in [-0.2, 0) is 14.3 Å². The average Bonchev–Trinajstić information content (AvgIpc) is 2.46. The highest BCUT2D eigenvalue weighted by molar-refractivity contribution is 5.85. The van der Waals surface area contributed by atoms with Crippen LogP contribution in [0.15, 0.2) is 0 Å². The molecule has 2 aliphatic heterocycles. The van der Waals surface area contributed by atoms with Crippen molar-refractivity contribution >= 4 is 12.1 Å². The summed E-state index contributed by atoms with van der Waals surface area (Å²) >= 11 is 0. The number of carbonyl (C=O) groups excluding carboxylic acids is 1. The summed E-state index contributed by atoms with van der Waals surface area (Å²) in [5.74, 6) is -0.689. The molecule has 2 fully saturated rings. The predicted octanol–water partition coefficient (Wildman–Crippen LogP) is 0.458. The van der Waals surface area contributed by atoms with Crippen molar-refractivity contribution in [3.05, 3.63) is 0 Å². The Morgan fingerprint density at radius 2 is 1.87 bits per heavy atom. The number of hydrogen-bond donors (Lipinski definition) is 2. The first kappa shape index (κ1) is 18.0.